The van der Waals surface area contributed by atoms with Gasteiger partial charge >= 0.3 is 5.97 Å². The Balaban J connectivity index is 2.52. The molecule has 0 unspecified atom stereocenters. The van der Waals surface area contributed by atoms with E-state index in [9.17, 15) is 18.9 Å². The van der Waals surface area contributed by atoms with Crippen LogP contribution in [0, 0.1) is 10.7 Å². The van der Waals surface area contributed by atoms with Gasteiger partial charge in [-0.1, -0.05) is 0 Å². The van der Waals surface area contributed by atoms with E-state index in [0.29, 0.717) is 5.82 Å². The molecule has 2 aromatic rings. The Hall–Kier alpha value is -2.97. The molecule has 0 bridgehead atoms. The van der Waals surface area contributed by atoms with Gasteiger partial charge in [0.1, 0.15) is 23.7 Å². The number of aromatic nitrogens is 3. The fraction of sp³-hybridized carbons (Fsp3) is 0.231. The zero-order valence-corrected chi connectivity index (χ0v) is 11.7. The van der Waals surface area contributed by atoms with Crippen LogP contribution in [0.15, 0.2) is 23.6 Å². The Labute approximate surface area is 123 Å². The zero-order chi connectivity index (χ0) is 16.3. The molecule has 114 valence electrons. The Kier molecular flexibility index (Phi) is 4.35. The summed E-state index contributed by atoms with van der Waals surface area (Å²) in [5.74, 6) is -2.11. The fourth-order valence-electron chi connectivity index (χ4n) is 1.94. The third-order valence-electron chi connectivity index (χ3n) is 2.99. The number of carbonyl (C=O) groups excluding carboxylic acids is 2. The average molecular weight is 306 g/mol. The SMILES string of the molecule is COC(=O)c1cc(F)cc(N=O)c1C(=O)Cc1ncnn1C. The maximum atomic E-state index is 13.5. The molecule has 1 aromatic carbocycles. The summed E-state index contributed by atoms with van der Waals surface area (Å²) in [7, 11) is 2.67. The minimum atomic E-state index is -0.939. The molecule has 0 spiro atoms. The van der Waals surface area contributed by atoms with E-state index in [1.54, 1.807) is 7.05 Å². The van der Waals surface area contributed by atoms with Gasteiger partial charge in [0.05, 0.1) is 24.7 Å². The Bertz CT molecular complexity index is 756. The fourth-order valence-corrected chi connectivity index (χ4v) is 1.94. The maximum Gasteiger partial charge on any atom is 0.338 e. The van der Waals surface area contributed by atoms with E-state index in [4.69, 9.17) is 0 Å². The molecular formula is C13H11FN4O4. The van der Waals surface area contributed by atoms with Crippen LogP contribution in [0.1, 0.15) is 26.5 Å². The predicted molar refractivity (Wildman–Crippen MR) is 72.2 cm³/mol. The predicted octanol–water partition coefficient (Wildman–Crippen LogP) is 1.56. The Morgan fingerprint density at radius 2 is 2.14 bits per heavy atom. The molecule has 0 aliphatic carbocycles. The van der Waals surface area contributed by atoms with Gasteiger partial charge in [-0.25, -0.2) is 14.2 Å². The lowest BCUT2D eigenvalue weighted by atomic mass is 9.99. The van der Waals surface area contributed by atoms with Gasteiger partial charge in [-0.3, -0.25) is 9.48 Å². The van der Waals surface area contributed by atoms with Crippen LogP contribution in [-0.4, -0.2) is 33.6 Å². The van der Waals surface area contributed by atoms with Crippen molar-refractivity contribution in [2.45, 2.75) is 6.42 Å². The smallest absolute Gasteiger partial charge is 0.338 e. The van der Waals surface area contributed by atoms with Crippen molar-refractivity contribution in [3.8, 4) is 0 Å². The number of hydrogen-bond donors (Lipinski definition) is 0. The van der Waals surface area contributed by atoms with Gasteiger partial charge < -0.3 is 4.74 Å². The van der Waals surface area contributed by atoms with Crippen molar-refractivity contribution in [2.75, 3.05) is 7.11 Å². The van der Waals surface area contributed by atoms with Gasteiger partial charge in [0.25, 0.3) is 0 Å². The second-order valence-electron chi connectivity index (χ2n) is 4.33. The summed E-state index contributed by atoms with van der Waals surface area (Å²) >= 11 is 0. The molecule has 0 radical (unpaired) electrons. The molecule has 0 fully saturated rings. The van der Waals surface area contributed by atoms with Crippen LogP contribution in [0.3, 0.4) is 0 Å². The number of nitrogens with zero attached hydrogens (tertiary/aromatic N) is 4. The highest BCUT2D eigenvalue weighted by atomic mass is 19.1. The number of nitroso groups, excluding NO2 is 1. The molecule has 8 nitrogen and oxygen atoms in total. The minimum Gasteiger partial charge on any atom is -0.465 e. The molecule has 1 aromatic heterocycles. The number of methoxy groups -OCH3 is 1. The number of halogens is 1. The first-order chi connectivity index (χ1) is 10.5. The van der Waals surface area contributed by atoms with Crippen molar-refractivity contribution >= 4 is 17.4 Å². The number of rotatable bonds is 5. The van der Waals surface area contributed by atoms with E-state index in [0.717, 1.165) is 19.2 Å². The van der Waals surface area contributed by atoms with Gasteiger partial charge in [0, 0.05) is 13.1 Å². The number of hydrogen-bond acceptors (Lipinski definition) is 7. The lowest BCUT2D eigenvalue weighted by Crippen LogP contribution is -2.15. The van der Waals surface area contributed by atoms with Gasteiger partial charge in [-0.15, -0.1) is 4.91 Å². The van der Waals surface area contributed by atoms with E-state index in [-0.39, 0.29) is 17.5 Å². The second kappa shape index (κ2) is 6.20. The van der Waals surface area contributed by atoms with Crippen molar-refractivity contribution in [3.63, 3.8) is 0 Å². The van der Waals surface area contributed by atoms with Gasteiger partial charge in [0.2, 0.25) is 0 Å². The number of esters is 1. The number of ketones is 1. The monoisotopic (exact) mass is 306 g/mol. The summed E-state index contributed by atoms with van der Waals surface area (Å²) in [5.41, 5.74) is -1.12. The van der Waals surface area contributed by atoms with Crippen LogP contribution in [0.25, 0.3) is 0 Å². The third-order valence-corrected chi connectivity index (χ3v) is 2.99. The molecule has 0 aliphatic rings. The number of ether oxygens (including phenoxy) is 1. The van der Waals surface area contributed by atoms with E-state index < -0.39 is 23.3 Å². The number of benzene rings is 1. The molecule has 22 heavy (non-hydrogen) atoms. The molecule has 0 saturated heterocycles. The summed E-state index contributed by atoms with van der Waals surface area (Å²) in [6, 6.07) is 1.60. The number of Topliss-reactive ketones (excluding diaryl/α,β-unsaturated/α-hetero) is 1. The van der Waals surface area contributed by atoms with Crippen LogP contribution < -0.4 is 0 Å². The highest BCUT2D eigenvalue weighted by Gasteiger charge is 2.25. The highest BCUT2D eigenvalue weighted by molar-refractivity contribution is 6.10. The van der Waals surface area contributed by atoms with Crippen molar-refractivity contribution < 1.29 is 18.7 Å². The first kappa shape index (κ1) is 15.4. The van der Waals surface area contributed by atoms with Gasteiger partial charge in [-0.2, -0.15) is 5.10 Å². The van der Waals surface area contributed by atoms with Crippen LogP contribution in [-0.2, 0) is 18.2 Å². The standard InChI is InChI=1S/C13H11FN4O4/c1-18-11(15-6-16-18)5-10(19)12-8(13(20)22-2)3-7(14)4-9(12)17-21/h3-4,6H,5H2,1-2H3. The van der Waals surface area contributed by atoms with E-state index in [2.05, 4.69) is 20.0 Å². The van der Waals surface area contributed by atoms with Crippen molar-refractivity contribution in [1.29, 1.82) is 0 Å². The molecule has 2 rings (SSSR count). The van der Waals surface area contributed by atoms with Crippen LogP contribution in [0.5, 0.6) is 0 Å². The minimum absolute atomic E-state index is 0.228. The second-order valence-corrected chi connectivity index (χ2v) is 4.33. The molecule has 0 amide bonds. The molecular weight excluding hydrogens is 295 g/mol. The molecule has 9 heteroatoms. The van der Waals surface area contributed by atoms with Crippen molar-refractivity contribution in [3.05, 3.63) is 46.1 Å². The molecule has 0 saturated carbocycles. The topological polar surface area (TPSA) is 104 Å². The normalized spacial score (nSPS) is 10.3. The van der Waals surface area contributed by atoms with Crippen LogP contribution >= 0.6 is 0 Å². The average Bonchev–Trinajstić information content (AvgIpc) is 2.90. The quantitative estimate of drug-likeness (QED) is 0.472. The number of aryl methyl sites for hydroxylation is 1. The van der Waals surface area contributed by atoms with E-state index in [1.165, 1.54) is 11.0 Å². The third kappa shape index (κ3) is 2.87. The summed E-state index contributed by atoms with van der Waals surface area (Å²) < 4.78 is 19.3. The van der Waals surface area contributed by atoms with Gasteiger partial charge in [-0.05, 0) is 11.2 Å². The summed E-state index contributed by atoms with van der Waals surface area (Å²) in [5, 5.41) is 6.43. The maximum absolute atomic E-state index is 13.5. The van der Waals surface area contributed by atoms with Crippen LogP contribution in [0.4, 0.5) is 10.1 Å². The lowest BCUT2D eigenvalue weighted by molar-refractivity contribution is 0.0596. The molecule has 1 heterocycles. The first-order valence-corrected chi connectivity index (χ1v) is 6.09. The van der Waals surface area contributed by atoms with E-state index >= 15 is 0 Å². The largest absolute Gasteiger partial charge is 0.465 e. The molecule has 0 N–H and O–H groups in total. The van der Waals surface area contributed by atoms with Crippen molar-refractivity contribution in [2.24, 2.45) is 12.2 Å². The summed E-state index contributed by atoms with van der Waals surface area (Å²) in [4.78, 5) is 38.8. The Morgan fingerprint density at radius 1 is 1.41 bits per heavy atom. The molecule has 0 atom stereocenters. The van der Waals surface area contributed by atoms with Gasteiger partial charge in [0.15, 0.2) is 5.78 Å². The summed E-state index contributed by atoms with van der Waals surface area (Å²) in [6.45, 7) is 0. The summed E-state index contributed by atoms with van der Waals surface area (Å²) in [6.07, 6.45) is 1.03. The highest BCUT2D eigenvalue weighted by Crippen LogP contribution is 2.27. The number of carbonyl (C=O) groups is 2. The molecule has 0 aliphatic heterocycles. The zero-order valence-electron chi connectivity index (χ0n) is 11.7. The van der Waals surface area contributed by atoms with E-state index in [1.807, 2.05) is 0 Å². The lowest BCUT2D eigenvalue weighted by Gasteiger charge is -2.09. The van der Waals surface area contributed by atoms with Crippen LogP contribution in [0.2, 0.25) is 0 Å². The Morgan fingerprint density at radius 3 is 2.68 bits per heavy atom. The van der Waals surface area contributed by atoms with Crippen molar-refractivity contribution in [1.82, 2.24) is 14.8 Å². The first-order valence-electron chi connectivity index (χ1n) is 6.09.